The third-order valence-corrected chi connectivity index (χ3v) is 4.02. The van der Waals surface area contributed by atoms with Crippen LogP contribution in [0.15, 0.2) is 23.1 Å². The Morgan fingerprint density at radius 1 is 1.45 bits per heavy atom. The number of carbonyl (C=O) groups is 2. The Labute approximate surface area is 137 Å². The molecule has 8 heteroatoms. The molecule has 22 heavy (non-hydrogen) atoms. The van der Waals surface area contributed by atoms with E-state index in [0.29, 0.717) is 23.6 Å². The number of halogens is 1. The minimum absolute atomic E-state index is 0.323. The smallest absolute Gasteiger partial charge is 0.326 e. The van der Waals surface area contributed by atoms with Gasteiger partial charge in [0, 0.05) is 12.3 Å². The van der Waals surface area contributed by atoms with Gasteiger partial charge in [-0.25, -0.2) is 4.79 Å². The summed E-state index contributed by atoms with van der Waals surface area (Å²) in [4.78, 5) is 35.4. The molecular weight excluding hydrogens is 328 g/mol. The predicted molar refractivity (Wildman–Crippen MR) is 87.6 cm³/mol. The summed E-state index contributed by atoms with van der Waals surface area (Å²) in [5.41, 5.74) is -0.359. The molecular formula is C14H19ClN2O4S. The molecule has 1 heterocycles. The van der Waals surface area contributed by atoms with E-state index in [2.05, 4.69) is 5.32 Å². The number of hydrogen-bond donors (Lipinski definition) is 2. The lowest BCUT2D eigenvalue weighted by molar-refractivity contribution is -0.142. The molecule has 0 aliphatic carbocycles. The Morgan fingerprint density at radius 3 is 2.68 bits per heavy atom. The molecule has 0 bridgehead atoms. The van der Waals surface area contributed by atoms with Crippen molar-refractivity contribution in [1.82, 2.24) is 9.88 Å². The van der Waals surface area contributed by atoms with Crippen LogP contribution in [-0.4, -0.2) is 39.6 Å². The Kier molecular flexibility index (Phi) is 7.47. The van der Waals surface area contributed by atoms with Gasteiger partial charge in [0.05, 0.1) is 5.02 Å². The molecule has 2 unspecified atom stereocenters. The highest BCUT2D eigenvalue weighted by atomic mass is 35.5. The second-order valence-electron chi connectivity index (χ2n) is 4.70. The van der Waals surface area contributed by atoms with Crippen LogP contribution in [0.4, 0.5) is 0 Å². The summed E-state index contributed by atoms with van der Waals surface area (Å²) in [6, 6.07) is 0.968. The first-order valence-electron chi connectivity index (χ1n) is 6.80. The van der Waals surface area contributed by atoms with Crippen LogP contribution in [0.5, 0.6) is 0 Å². The van der Waals surface area contributed by atoms with Crippen molar-refractivity contribution in [3.05, 3.63) is 33.7 Å². The first-order valence-corrected chi connectivity index (χ1v) is 8.57. The fraction of sp³-hybridized carbons (Fsp3) is 0.500. The molecule has 1 rings (SSSR count). The van der Waals surface area contributed by atoms with Gasteiger partial charge in [0.15, 0.2) is 0 Å². The van der Waals surface area contributed by atoms with E-state index in [4.69, 9.17) is 16.7 Å². The molecule has 1 aromatic heterocycles. The van der Waals surface area contributed by atoms with Crippen molar-refractivity contribution in [3.63, 3.8) is 0 Å². The number of aromatic nitrogens is 1. The van der Waals surface area contributed by atoms with E-state index in [0.717, 1.165) is 0 Å². The lowest BCUT2D eigenvalue weighted by Crippen LogP contribution is -2.45. The zero-order valence-electron chi connectivity index (χ0n) is 12.4. The van der Waals surface area contributed by atoms with Crippen LogP contribution in [0.2, 0.25) is 5.02 Å². The Balaban J connectivity index is 2.94. The van der Waals surface area contributed by atoms with Crippen molar-refractivity contribution in [2.45, 2.75) is 31.8 Å². The molecule has 0 aromatic carbocycles. The minimum Gasteiger partial charge on any atom is -0.480 e. The number of carboxylic acids is 1. The number of nitrogens with one attached hydrogen (secondary N) is 1. The van der Waals surface area contributed by atoms with Crippen LogP contribution in [0.3, 0.4) is 0 Å². The number of aliphatic carboxylic acids is 1. The lowest BCUT2D eigenvalue weighted by Gasteiger charge is -2.21. The molecule has 2 N–H and O–H groups in total. The summed E-state index contributed by atoms with van der Waals surface area (Å²) in [5.74, 6) is -0.971. The zero-order valence-corrected chi connectivity index (χ0v) is 14.0. The lowest BCUT2D eigenvalue weighted by atomic mass is 10.1. The van der Waals surface area contributed by atoms with Crippen LogP contribution in [0.1, 0.15) is 25.8 Å². The molecule has 2 atom stereocenters. The summed E-state index contributed by atoms with van der Waals surface area (Å²) in [7, 11) is 0. The fourth-order valence-corrected chi connectivity index (χ4v) is 2.63. The fourth-order valence-electron chi connectivity index (χ4n) is 1.99. The second-order valence-corrected chi connectivity index (χ2v) is 6.12. The molecule has 6 nitrogen and oxygen atoms in total. The normalized spacial score (nSPS) is 13.4. The topological polar surface area (TPSA) is 88.4 Å². The monoisotopic (exact) mass is 346 g/mol. The number of rotatable bonds is 8. The van der Waals surface area contributed by atoms with Crippen LogP contribution < -0.4 is 10.9 Å². The number of carboxylic acid groups (broad SMARTS) is 1. The van der Waals surface area contributed by atoms with E-state index < -0.39 is 24.0 Å². The molecule has 0 radical (unpaired) electrons. The van der Waals surface area contributed by atoms with Gasteiger partial charge in [0.25, 0.3) is 5.56 Å². The van der Waals surface area contributed by atoms with E-state index in [1.165, 1.54) is 34.7 Å². The molecule has 0 spiro atoms. The highest BCUT2D eigenvalue weighted by molar-refractivity contribution is 7.98. The van der Waals surface area contributed by atoms with E-state index >= 15 is 0 Å². The summed E-state index contributed by atoms with van der Waals surface area (Å²) in [5, 5.41) is 12.0. The van der Waals surface area contributed by atoms with E-state index in [-0.39, 0.29) is 5.56 Å². The van der Waals surface area contributed by atoms with Gasteiger partial charge in [-0.05, 0) is 30.9 Å². The van der Waals surface area contributed by atoms with Gasteiger partial charge < -0.3 is 15.0 Å². The van der Waals surface area contributed by atoms with Gasteiger partial charge in [0.1, 0.15) is 12.1 Å². The van der Waals surface area contributed by atoms with Crippen LogP contribution in [0.25, 0.3) is 0 Å². The number of hydrogen-bond acceptors (Lipinski definition) is 4. The van der Waals surface area contributed by atoms with E-state index in [9.17, 15) is 14.4 Å². The summed E-state index contributed by atoms with van der Waals surface area (Å²) >= 11 is 7.36. The molecule has 0 aliphatic heterocycles. The second kappa shape index (κ2) is 8.85. The van der Waals surface area contributed by atoms with Gasteiger partial charge in [-0.3, -0.25) is 9.59 Å². The molecule has 0 saturated carbocycles. The molecule has 0 saturated heterocycles. The van der Waals surface area contributed by atoms with Crippen LogP contribution in [-0.2, 0) is 9.59 Å². The molecule has 122 valence electrons. The highest BCUT2D eigenvalue weighted by Gasteiger charge is 2.25. The van der Waals surface area contributed by atoms with Gasteiger partial charge in [-0.1, -0.05) is 18.5 Å². The zero-order chi connectivity index (χ0) is 16.7. The van der Waals surface area contributed by atoms with E-state index in [1.807, 2.05) is 6.26 Å². The van der Waals surface area contributed by atoms with E-state index in [1.54, 1.807) is 6.92 Å². The maximum atomic E-state index is 12.3. The number of amides is 1. The largest absolute Gasteiger partial charge is 0.480 e. The van der Waals surface area contributed by atoms with Crippen molar-refractivity contribution in [2.24, 2.45) is 0 Å². The average Bonchev–Trinajstić information content (AvgIpc) is 2.47. The Hall–Kier alpha value is -1.47. The Bertz CT molecular complexity index is 590. The van der Waals surface area contributed by atoms with Crippen molar-refractivity contribution in [2.75, 3.05) is 12.0 Å². The van der Waals surface area contributed by atoms with Crippen LogP contribution in [0, 0.1) is 0 Å². The minimum atomic E-state index is -1.09. The third-order valence-electron chi connectivity index (χ3n) is 3.15. The third kappa shape index (κ3) is 5.06. The van der Waals surface area contributed by atoms with Crippen molar-refractivity contribution in [3.8, 4) is 0 Å². The Morgan fingerprint density at radius 2 is 2.14 bits per heavy atom. The summed E-state index contributed by atoms with van der Waals surface area (Å²) in [6.07, 6.45) is 3.92. The van der Waals surface area contributed by atoms with Crippen LogP contribution >= 0.6 is 23.4 Å². The van der Waals surface area contributed by atoms with Gasteiger partial charge in [0.2, 0.25) is 5.91 Å². The van der Waals surface area contributed by atoms with Gasteiger partial charge in [-0.2, -0.15) is 11.8 Å². The highest BCUT2D eigenvalue weighted by Crippen LogP contribution is 2.13. The molecule has 1 aromatic rings. The summed E-state index contributed by atoms with van der Waals surface area (Å²) in [6.45, 7) is 1.75. The van der Waals surface area contributed by atoms with Gasteiger partial charge >= 0.3 is 5.97 Å². The molecule has 1 amide bonds. The average molecular weight is 347 g/mol. The first-order chi connectivity index (χ1) is 10.4. The predicted octanol–water partition coefficient (Wildman–Crippen LogP) is 1.78. The first kappa shape index (κ1) is 18.6. The van der Waals surface area contributed by atoms with Gasteiger partial charge in [-0.15, -0.1) is 0 Å². The maximum Gasteiger partial charge on any atom is 0.326 e. The summed E-state index contributed by atoms with van der Waals surface area (Å²) < 4.78 is 1.23. The molecule has 0 aliphatic rings. The maximum absolute atomic E-state index is 12.3. The number of carbonyl (C=O) groups excluding carboxylic acids is 1. The molecule has 0 fully saturated rings. The number of nitrogens with zero attached hydrogens (tertiary/aromatic N) is 1. The number of thioether (sulfide) groups is 1. The standard InChI is InChI=1S/C14H19ClN2O4S/c1-3-11(17-8-9(15)4-5-12(17)18)13(19)16-10(14(20)21)6-7-22-2/h4-5,8,10-11H,3,6-7H2,1-2H3,(H,16,19)(H,20,21). The van der Waals surface area contributed by atoms with Crippen molar-refractivity contribution < 1.29 is 14.7 Å². The van der Waals surface area contributed by atoms with Crippen molar-refractivity contribution in [1.29, 1.82) is 0 Å². The quantitative estimate of drug-likeness (QED) is 0.749. The SMILES string of the molecule is CCC(C(=O)NC(CCSC)C(=O)O)n1cc(Cl)ccc1=O. The number of pyridine rings is 1. The van der Waals surface area contributed by atoms with Crippen molar-refractivity contribution >= 4 is 35.2 Å².